The van der Waals surface area contributed by atoms with Crippen molar-refractivity contribution < 1.29 is 4.79 Å². The molecule has 0 saturated heterocycles. The highest BCUT2D eigenvalue weighted by atomic mass is 35.5. The Balaban J connectivity index is 0.00000280. The number of aryl methyl sites for hydroxylation is 1. The van der Waals surface area contributed by atoms with Crippen LogP contribution in [-0.4, -0.2) is 17.0 Å². The Morgan fingerprint density at radius 1 is 1.00 bits per heavy atom. The van der Waals surface area contributed by atoms with Crippen molar-refractivity contribution in [3.05, 3.63) is 94.8 Å². The quantitative estimate of drug-likeness (QED) is 0.640. The van der Waals surface area contributed by atoms with Gasteiger partial charge in [0.1, 0.15) is 0 Å². The number of carbonyl (C=O) groups excluding carboxylic acids is 1. The van der Waals surface area contributed by atoms with Gasteiger partial charge in [0, 0.05) is 24.0 Å². The summed E-state index contributed by atoms with van der Waals surface area (Å²) in [6.45, 7) is 6.60. The average Bonchev–Trinajstić information content (AvgIpc) is 3.00. The second kappa shape index (κ2) is 9.58. The lowest BCUT2D eigenvalue weighted by Crippen LogP contribution is -2.32. The molecular weight excluding hydrogens is 370 g/mol. The maximum Gasteiger partial charge on any atom is 0.253 e. The Morgan fingerprint density at radius 2 is 1.54 bits per heavy atom. The molecule has 2 aromatic carbocycles. The minimum atomic E-state index is -0.220. The second-order valence-corrected chi connectivity index (χ2v) is 6.97. The van der Waals surface area contributed by atoms with Gasteiger partial charge in [0.25, 0.3) is 5.91 Å². The SMILES string of the molecule is Cc1cc(C(=O)NCC(N)c2ccccc2)c(C)n1C(C)c1ccccc1.Cl. The predicted molar refractivity (Wildman–Crippen MR) is 117 cm³/mol. The number of nitrogens with zero attached hydrogens (tertiary/aromatic N) is 1. The third-order valence-corrected chi connectivity index (χ3v) is 5.11. The van der Waals surface area contributed by atoms with Crippen LogP contribution in [0, 0.1) is 13.8 Å². The molecule has 0 aliphatic heterocycles. The first-order chi connectivity index (χ1) is 13.0. The second-order valence-electron chi connectivity index (χ2n) is 6.97. The van der Waals surface area contributed by atoms with Crippen LogP contribution in [0.3, 0.4) is 0 Å². The summed E-state index contributed by atoms with van der Waals surface area (Å²) in [5.41, 5.74) is 11.2. The topological polar surface area (TPSA) is 60.1 Å². The zero-order valence-corrected chi connectivity index (χ0v) is 17.4. The van der Waals surface area contributed by atoms with Gasteiger partial charge in [-0.3, -0.25) is 4.79 Å². The molecule has 5 heteroatoms. The standard InChI is InChI=1S/C23H27N3O.ClH/c1-16-14-21(18(3)26(16)17(2)19-10-6-4-7-11-19)23(27)25-15-22(24)20-12-8-5-9-13-20;/h4-14,17,22H,15,24H2,1-3H3,(H,25,27);1H. The molecule has 3 aromatic rings. The summed E-state index contributed by atoms with van der Waals surface area (Å²) in [7, 11) is 0. The van der Waals surface area contributed by atoms with E-state index in [0.717, 1.165) is 17.0 Å². The number of carbonyl (C=O) groups is 1. The number of nitrogens with one attached hydrogen (secondary N) is 1. The average molecular weight is 398 g/mol. The van der Waals surface area contributed by atoms with Crippen molar-refractivity contribution in [3.63, 3.8) is 0 Å². The fourth-order valence-corrected chi connectivity index (χ4v) is 3.60. The van der Waals surface area contributed by atoms with E-state index in [-0.39, 0.29) is 30.4 Å². The van der Waals surface area contributed by atoms with Gasteiger partial charge < -0.3 is 15.6 Å². The first kappa shape index (κ1) is 21.7. The van der Waals surface area contributed by atoms with E-state index < -0.39 is 0 Å². The lowest BCUT2D eigenvalue weighted by Gasteiger charge is -2.19. The number of halogens is 1. The van der Waals surface area contributed by atoms with Crippen molar-refractivity contribution in [2.45, 2.75) is 32.9 Å². The van der Waals surface area contributed by atoms with Gasteiger partial charge >= 0.3 is 0 Å². The van der Waals surface area contributed by atoms with Gasteiger partial charge in [-0.05, 0) is 38.0 Å². The van der Waals surface area contributed by atoms with Gasteiger partial charge in [-0.15, -0.1) is 12.4 Å². The molecule has 2 atom stereocenters. The van der Waals surface area contributed by atoms with Crippen LogP contribution < -0.4 is 11.1 Å². The molecule has 1 heterocycles. The molecule has 0 fully saturated rings. The Bertz CT molecular complexity index is 906. The molecule has 1 aromatic heterocycles. The summed E-state index contributed by atoms with van der Waals surface area (Å²) >= 11 is 0. The molecule has 0 aliphatic carbocycles. The minimum absolute atomic E-state index is 0. The number of aromatic nitrogens is 1. The number of hydrogen-bond acceptors (Lipinski definition) is 2. The molecule has 0 bridgehead atoms. The van der Waals surface area contributed by atoms with Gasteiger partial charge in [0.15, 0.2) is 0 Å². The molecule has 4 nitrogen and oxygen atoms in total. The normalized spacial score (nSPS) is 12.7. The van der Waals surface area contributed by atoms with Crippen molar-refractivity contribution in [3.8, 4) is 0 Å². The van der Waals surface area contributed by atoms with Crippen molar-refractivity contribution in [2.24, 2.45) is 5.73 Å². The van der Waals surface area contributed by atoms with E-state index in [1.54, 1.807) is 0 Å². The molecule has 28 heavy (non-hydrogen) atoms. The summed E-state index contributed by atoms with van der Waals surface area (Å²) in [6.07, 6.45) is 0. The maximum atomic E-state index is 12.7. The van der Waals surface area contributed by atoms with E-state index >= 15 is 0 Å². The number of rotatable bonds is 6. The van der Waals surface area contributed by atoms with E-state index in [1.807, 2.05) is 68.4 Å². The Labute approximate surface area is 173 Å². The van der Waals surface area contributed by atoms with Crippen LogP contribution in [0.15, 0.2) is 66.7 Å². The van der Waals surface area contributed by atoms with Crippen LogP contribution in [0.5, 0.6) is 0 Å². The highest BCUT2D eigenvalue weighted by molar-refractivity contribution is 5.95. The van der Waals surface area contributed by atoms with E-state index in [2.05, 4.69) is 28.9 Å². The van der Waals surface area contributed by atoms with E-state index in [9.17, 15) is 4.79 Å². The van der Waals surface area contributed by atoms with Crippen molar-refractivity contribution in [1.29, 1.82) is 0 Å². The van der Waals surface area contributed by atoms with E-state index in [4.69, 9.17) is 5.73 Å². The van der Waals surface area contributed by atoms with E-state index in [0.29, 0.717) is 12.1 Å². The molecule has 3 N–H and O–H groups in total. The Hall–Kier alpha value is -2.56. The first-order valence-electron chi connectivity index (χ1n) is 9.31. The lowest BCUT2D eigenvalue weighted by atomic mass is 10.1. The third kappa shape index (κ3) is 4.64. The van der Waals surface area contributed by atoms with Crippen molar-refractivity contribution >= 4 is 18.3 Å². The zero-order valence-electron chi connectivity index (χ0n) is 16.6. The molecule has 148 valence electrons. The fourth-order valence-electron chi connectivity index (χ4n) is 3.60. The van der Waals surface area contributed by atoms with Gasteiger partial charge in [-0.2, -0.15) is 0 Å². The van der Waals surface area contributed by atoms with Gasteiger partial charge in [0.05, 0.1) is 11.6 Å². The summed E-state index contributed by atoms with van der Waals surface area (Å²) in [6, 6.07) is 22.0. The van der Waals surface area contributed by atoms with Crippen LogP contribution in [0.2, 0.25) is 0 Å². The predicted octanol–water partition coefficient (Wildman–Crippen LogP) is 4.57. The lowest BCUT2D eigenvalue weighted by molar-refractivity contribution is 0.0950. The number of benzene rings is 2. The summed E-state index contributed by atoms with van der Waals surface area (Å²) < 4.78 is 2.21. The molecule has 0 spiro atoms. The van der Waals surface area contributed by atoms with Crippen LogP contribution in [0.1, 0.15) is 51.9 Å². The minimum Gasteiger partial charge on any atom is -0.350 e. The molecule has 1 amide bonds. The van der Waals surface area contributed by atoms with E-state index in [1.165, 1.54) is 5.56 Å². The summed E-state index contributed by atoms with van der Waals surface area (Å²) in [5, 5.41) is 2.98. The van der Waals surface area contributed by atoms with Gasteiger partial charge in [-0.25, -0.2) is 0 Å². The van der Waals surface area contributed by atoms with Crippen LogP contribution in [-0.2, 0) is 0 Å². The maximum absolute atomic E-state index is 12.7. The van der Waals surface area contributed by atoms with Crippen LogP contribution in [0.4, 0.5) is 0 Å². The van der Waals surface area contributed by atoms with Crippen molar-refractivity contribution in [2.75, 3.05) is 6.54 Å². The zero-order chi connectivity index (χ0) is 19.4. The van der Waals surface area contributed by atoms with Crippen molar-refractivity contribution in [1.82, 2.24) is 9.88 Å². The highest BCUT2D eigenvalue weighted by Crippen LogP contribution is 2.25. The first-order valence-corrected chi connectivity index (χ1v) is 9.31. The molecule has 0 saturated carbocycles. The largest absolute Gasteiger partial charge is 0.350 e. The summed E-state index contributed by atoms with van der Waals surface area (Å²) in [5.74, 6) is -0.0824. The molecule has 2 unspecified atom stereocenters. The van der Waals surface area contributed by atoms with Gasteiger partial charge in [0.2, 0.25) is 0 Å². The molecule has 3 rings (SSSR count). The Kier molecular flexibility index (Phi) is 7.44. The third-order valence-electron chi connectivity index (χ3n) is 5.11. The Morgan fingerprint density at radius 3 is 2.11 bits per heavy atom. The molecule has 0 radical (unpaired) electrons. The number of hydrogen-bond donors (Lipinski definition) is 2. The molecule has 0 aliphatic rings. The fraction of sp³-hybridized carbons (Fsp3) is 0.261. The molecular formula is C23H28ClN3O. The number of amides is 1. The highest BCUT2D eigenvalue weighted by Gasteiger charge is 2.20. The van der Waals surface area contributed by atoms with Gasteiger partial charge in [-0.1, -0.05) is 60.7 Å². The summed E-state index contributed by atoms with van der Waals surface area (Å²) in [4.78, 5) is 12.7. The van der Waals surface area contributed by atoms with Crippen LogP contribution >= 0.6 is 12.4 Å². The number of nitrogens with two attached hydrogens (primary N) is 1. The van der Waals surface area contributed by atoms with Crippen LogP contribution in [0.25, 0.3) is 0 Å². The smallest absolute Gasteiger partial charge is 0.253 e. The monoisotopic (exact) mass is 397 g/mol.